The SMILES string of the molecule is CC(=O)OC[C@H](c1ccccc1)n1cnc([N+](=O)[O-])c1. The average molecular weight is 275 g/mol. The molecule has 0 N–H and O–H groups in total. The molecule has 1 aromatic carbocycles. The van der Waals surface area contributed by atoms with E-state index in [2.05, 4.69) is 4.98 Å². The predicted octanol–water partition coefficient (Wildman–Crippen LogP) is 1.94. The Hall–Kier alpha value is -2.70. The molecule has 0 spiro atoms. The van der Waals surface area contributed by atoms with Crippen molar-refractivity contribution in [2.24, 2.45) is 0 Å². The smallest absolute Gasteiger partial charge is 0.381 e. The summed E-state index contributed by atoms with van der Waals surface area (Å²) in [5, 5.41) is 10.7. The third-order valence-electron chi connectivity index (χ3n) is 2.76. The normalized spacial score (nSPS) is 11.8. The molecule has 0 radical (unpaired) electrons. The molecule has 104 valence electrons. The standard InChI is InChI=1S/C13H13N3O4/c1-10(17)20-8-12(11-5-3-2-4-6-11)15-7-13(14-9-15)16(18)19/h2-7,9,12H,8H2,1H3/t12-/m1/s1. The zero-order valence-electron chi connectivity index (χ0n) is 10.8. The van der Waals surface area contributed by atoms with Crippen molar-refractivity contribution in [3.63, 3.8) is 0 Å². The number of hydrogen-bond donors (Lipinski definition) is 0. The second-order valence-corrected chi connectivity index (χ2v) is 4.17. The summed E-state index contributed by atoms with van der Waals surface area (Å²) < 4.78 is 6.59. The van der Waals surface area contributed by atoms with Gasteiger partial charge in [-0.25, -0.2) is 0 Å². The summed E-state index contributed by atoms with van der Waals surface area (Å²) in [5.41, 5.74) is 0.876. The van der Waals surface area contributed by atoms with Gasteiger partial charge in [-0.05, 0) is 15.5 Å². The Labute approximate surface area is 115 Å². The van der Waals surface area contributed by atoms with Gasteiger partial charge >= 0.3 is 11.8 Å². The second kappa shape index (κ2) is 5.96. The highest BCUT2D eigenvalue weighted by Gasteiger charge is 2.19. The monoisotopic (exact) mass is 275 g/mol. The average Bonchev–Trinajstić information content (AvgIpc) is 2.90. The molecule has 2 aromatic rings. The number of ether oxygens (including phenoxy) is 1. The van der Waals surface area contributed by atoms with Crippen molar-refractivity contribution in [1.82, 2.24) is 9.55 Å². The Morgan fingerprint density at radius 3 is 2.70 bits per heavy atom. The van der Waals surface area contributed by atoms with E-state index in [1.807, 2.05) is 30.3 Å². The van der Waals surface area contributed by atoms with Crippen LogP contribution in [-0.4, -0.2) is 27.1 Å². The van der Waals surface area contributed by atoms with Gasteiger partial charge in [0, 0.05) is 6.92 Å². The molecule has 0 saturated carbocycles. The number of rotatable bonds is 5. The van der Waals surface area contributed by atoms with Crippen LogP contribution in [0, 0.1) is 10.1 Å². The first-order valence-electron chi connectivity index (χ1n) is 5.94. The van der Waals surface area contributed by atoms with Crippen LogP contribution in [0.25, 0.3) is 0 Å². The van der Waals surface area contributed by atoms with Crippen LogP contribution in [0.1, 0.15) is 18.5 Å². The van der Waals surface area contributed by atoms with E-state index < -0.39 is 10.9 Å². The number of aromatic nitrogens is 2. The number of esters is 1. The van der Waals surface area contributed by atoms with Crippen molar-refractivity contribution < 1.29 is 14.5 Å². The summed E-state index contributed by atoms with van der Waals surface area (Å²) in [5.74, 6) is -0.644. The van der Waals surface area contributed by atoms with E-state index in [1.165, 1.54) is 19.4 Å². The van der Waals surface area contributed by atoms with Gasteiger partial charge in [0.1, 0.15) is 12.8 Å². The van der Waals surface area contributed by atoms with Gasteiger partial charge < -0.3 is 14.9 Å². The number of carbonyl (C=O) groups excluding carboxylic acids is 1. The minimum atomic E-state index is -0.565. The second-order valence-electron chi connectivity index (χ2n) is 4.17. The van der Waals surface area contributed by atoms with Crippen LogP contribution in [0.3, 0.4) is 0 Å². The fraction of sp³-hybridized carbons (Fsp3) is 0.231. The molecule has 7 nitrogen and oxygen atoms in total. The maximum Gasteiger partial charge on any atom is 0.381 e. The Bertz CT molecular complexity index is 609. The van der Waals surface area contributed by atoms with Crippen molar-refractivity contribution >= 4 is 11.8 Å². The molecule has 0 amide bonds. The van der Waals surface area contributed by atoms with E-state index in [-0.39, 0.29) is 18.5 Å². The van der Waals surface area contributed by atoms with Gasteiger partial charge in [-0.1, -0.05) is 30.3 Å². The molecule has 0 saturated heterocycles. The first-order valence-corrected chi connectivity index (χ1v) is 5.94. The highest BCUT2D eigenvalue weighted by Crippen LogP contribution is 2.21. The summed E-state index contributed by atoms with van der Waals surface area (Å²) in [6, 6.07) is 8.94. The molecule has 0 aliphatic carbocycles. The van der Waals surface area contributed by atoms with E-state index in [1.54, 1.807) is 4.57 Å². The summed E-state index contributed by atoms with van der Waals surface area (Å²) >= 11 is 0. The summed E-state index contributed by atoms with van der Waals surface area (Å²) in [4.78, 5) is 24.8. The Kier molecular flexibility index (Phi) is 4.09. The van der Waals surface area contributed by atoms with Crippen LogP contribution in [-0.2, 0) is 9.53 Å². The lowest BCUT2D eigenvalue weighted by Crippen LogP contribution is -2.17. The third-order valence-corrected chi connectivity index (χ3v) is 2.76. The van der Waals surface area contributed by atoms with E-state index in [4.69, 9.17) is 4.74 Å². The van der Waals surface area contributed by atoms with Crippen LogP contribution < -0.4 is 0 Å². The van der Waals surface area contributed by atoms with Gasteiger partial charge in [-0.15, -0.1) is 0 Å². The van der Waals surface area contributed by atoms with Crippen LogP contribution in [0.4, 0.5) is 5.82 Å². The first-order chi connectivity index (χ1) is 9.58. The maximum absolute atomic E-state index is 11.0. The number of carbonyl (C=O) groups is 1. The topological polar surface area (TPSA) is 87.3 Å². The van der Waals surface area contributed by atoms with Crippen molar-refractivity contribution in [2.75, 3.05) is 6.61 Å². The molecule has 1 atom stereocenters. The molecule has 0 fully saturated rings. The summed E-state index contributed by atoms with van der Waals surface area (Å²) in [6.07, 6.45) is 2.68. The van der Waals surface area contributed by atoms with Crippen molar-refractivity contribution in [1.29, 1.82) is 0 Å². The highest BCUT2D eigenvalue weighted by atomic mass is 16.6. The lowest BCUT2D eigenvalue weighted by Gasteiger charge is -2.17. The number of imidazole rings is 1. The van der Waals surface area contributed by atoms with Gasteiger partial charge in [-0.3, -0.25) is 9.36 Å². The molecule has 1 heterocycles. The number of benzene rings is 1. The predicted molar refractivity (Wildman–Crippen MR) is 70.1 cm³/mol. The fourth-order valence-corrected chi connectivity index (χ4v) is 1.82. The number of hydrogen-bond acceptors (Lipinski definition) is 5. The first kappa shape index (κ1) is 13.7. The van der Waals surface area contributed by atoms with E-state index in [0.717, 1.165) is 5.56 Å². The van der Waals surface area contributed by atoms with Crippen LogP contribution in [0.5, 0.6) is 0 Å². The lowest BCUT2D eigenvalue weighted by molar-refractivity contribution is -0.389. The Balaban J connectivity index is 2.30. The molecular formula is C13H13N3O4. The fourth-order valence-electron chi connectivity index (χ4n) is 1.82. The molecular weight excluding hydrogens is 262 g/mol. The minimum Gasteiger partial charge on any atom is -0.463 e. The minimum absolute atomic E-state index is 0.0901. The summed E-state index contributed by atoms with van der Waals surface area (Å²) in [7, 11) is 0. The zero-order chi connectivity index (χ0) is 14.5. The lowest BCUT2D eigenvalue weighted by atomic mass is 10.1. The Morgan fingerprint density at radius 1 is 1.45 bits per heavy atom. The van der Waals surface area contributed by atoms with Gasteiger partial charge in [0.15, 0.2) is 0 Å². The number of nitro groups is 1. The summed E-state index contributed by atoms with van der Waals surface area (Å²) in [6.45, 7) is 1.41. The van der Waals surface area contributed by atoms with Gasteiger partial charge in [0.25, 0.3) is 0 Å². The Morgan fingerprint density at radius 2 is 2.15 bits per heavy atom. The van der Waals surface area contributed by atoms with Gasteiger partial charge in [0.05, 0.1) is 6.04 Å². The largest absolute Gasteiger partial charge is 0.463 e. The molecule has 0 bridgehead atoms. The quantitative estimate of drug-likeness (QED) is 0.472. The van der Waals surface area contributed by atoms with Crippen LogP contribution in [0.15, 0.2) is 42.9 Å². The maximum atomic E-state index is 11.0. The number of nitrogens with zero attached hydrogens (tertiary/aromatic N) is 3. The van der Waals surface area contributed by atoms with Crippen molar-refractivity contribution in [2.45, 2.75) is 13.0 Å². The molecule has 7 heteroatoms. The molecule has 20 heavy (non-hydrogen) atoms. The van der Waals surface area contributed by atoms with Crippen molar-refractivity contribution in [3.8, 4) is 0 Å². The molecule has 0 aliphatic rings. The van der Waals surface area contributed by atoms with Gasteiger partial charge in [-0.2, -0.15) is 0 Å². The zero-order valence-corrected chi connectivity index (χ0v) is 10.8. The highest BCUT2D eigenvalue weighted by molar-refractivity contribution is 5.65. The molecule has 2 rings (SSSR count). The van der Waals surface area contributed by atoms with Crippen LogP contribution >= 0.6 is 0 Å². The van der Waals surface area contributed by atoms with E-state index in [9.17, 15) is 14.9 Å². The van der Waals surface area contributed by atoms with E-state index >= 15 is 0 Å². The molecule has 0 aliphatic heterocycles. The molecule has 0 unspecified atom stereocenters. The molecule has 1 aromatic heterocycles. The van der Waals surface area contributed by atoms with Crippen LogP contribution in [0.2, 0.25) is 0 Å². The van der Waals surface area contributed by atoms with E-state index in [0.29, 0.717) is 0 Å². The van der Waals surface area contributed by atoms with Gasteiger partial charge in [0.2, 0.25) is 6.33 Å². The third kappa shape index (κ3) is 3.19. The van der Waals surface area contributed by atoms with Crippen molar-refractivity contribution in [3.05, 3.63) is 58.5 Å².